The molecule has 1 aromatic rings. The van der Waals surface area contributed by atoms with E-state index in [9.17, 15) is 9.59 Å². The Kier molecular flexibility index (Phi) is 6.02. The molecule has 0 fully saturated rings. The number of hydrogen-bond donors (Lipinski definition) is 2. The normalized spacial score (nSPS) is 13.4. The number of ether oxygens (including phenoxy) is 1. The van der Waals surface area contributed by atoms with Crippen molar-refractivity contribution in [3.05, 3.63) is 35.9 Å². The van der Waals surface area contributed by atoms with Crippen LogP contribution in [0.15, 0.2) is 30.3 Å². The first-order chi connectivity index (χ1) is 9.08. The van der Waals surface area contributed by atoms with Gasteiger partial charge in [-0.25, -0.2) is 4.79 Å². The lowest BCUT2D eigenvalue weighted by Gasteiger charge is -2.18. The van der Waals surface area contributed by atoms with Crippen LogP contribution in [0.25, 0.3) is 0 Å². The lowest BCUT2D eigenvalue weighted by molar-refractivity contribution is -0.145. The quantitative estimate of drug-likeness (QED) is 0.732. The maximum atomic E-state index is 11.8. The molecule has 104 valence electrons. The zero-order valence-electron chi connectivity index (χ0n) is 11.3. The monoisotopic (exact) mass is 264 g/mol. The van der Waals surface area contributed by atoms with Crippen molar-refractivity contribution < 1.29 is 14.3 Å². The summed E-state index contributed by atoms with van der Waals surface area (Å²) >= 11 is 0. The molecule has 2 atom stereocenters. The van der Waals surface area contributed by atoms with E-state index < -0.39 is 12.0 Å². The number of amides is 1. The highest BCUT2D eigenvalue weighted by molar-refractivity contribution is 5.85. The van der Waals surface area contributed by atoms with Gasteiger partial charge in [-0.2, -0.15) is 0 Å². The van der Waals surface area contributed by atoms with Crippen molar-refractivity contribution in [3.63, 3.8) is 0 Å². The number of hydrogen-bond acceptors (Lipinski definition) is 4. The number of carbonyl (C=O) groups excluding carboxylic acids is 2. The van der Waals surface area contributed by atoms with Crippen LogP contribution < -0.4 is 11.1 Å². The molecule has 1 amide bonds. The van der Waals surface area contributed by atoms with Gasteiger partial charge in [-0.3, -0.25) is 4.79 Å². The summed E-state index contributed by atoms with van der Waals surface area (Å²) in [5.74, 6) is -1.03. The summed E-state index contributed by atoms with van der Waals surface area (Å²) in [6, 6.07) is 8.77. The highest BCUT2D eigenvalue weighted by Gasteiger charge is 2.23. The molecule has 0 aliphatic heterocycles. The number of nitrogens with two attached hydrogens (primary N) is 1. The fraction of sp³-hybridized carbons (Fsp3) is 0.429. The Labute approximate surface area is 113 Å². The maximum absolute atomic E-state index is 11.8. The predicted octanol–water partition coefficient (Wildman–Crippen LogP) is 0.482. The number of esters is 1. The molecular weight excluding hydrogens is 244 g/mol. The van der Waals surface area contributed by atoms with Crippen molar-refractivity contribution in [2.24, 2.45) is 11.7 Å². The number of methoxy groups -OCH3 is 1. The summed E-state index contributed by atoms with van der Waals surface area (Å²) in [4.78, 5) is 23.5. The Bertz CT molecular complexity index is 420. The van der Waals surface area contributed by atoms with Crippen LogP contribution in [0.3, 0.4) is 0 Å². The van der Waals surface area contributed by atoms with Crippen molar-refractivity contribution in [2.75, 3.05) is 13.7 Å². The maximum Gasteiger partial charge on any atom is 0.328 e. The molecular formula is C14H20N2O3. The predicted molar refractivity (Wildman–Crippen MR) is 72.3 cm³/mol. The summed E-state index contributed by atoms with van der Waals surface area (Å²) in [5, 5.41) is 2.67. The molecule has 0 aromatic heterocycles. The lowest BCUT2D eigenvalue weighted by atomic mass is 10.0. The minimum absolute atomic E-state index is 0.241. The summed E-state index contributed by atoms with van der Waals surface area (Å²) < 4.78 is 4.71. The van der Waals surface area contributed by atoms with Gasteiger partial charge in [0, 0.05) is 18.9 Å². The lowest BCUT2D eigenvalue weighted by Crippen LogP contribution is -2.46. The van der Waals surface area contributed by atoms with E-state index in [1.165, 1.54) is 7.11 Å². The molecule has 1 aromatic carbocycles. The largest absolute Gasteiger partial charge is 0.467 e. The number of benzene rings is 1. The molecule has 2 unspecified atom stereocenters. The first kappa shape index (κ1) is 15.2. The molecule has 5 heteroatoms. The molecule has 3 N–H and O–H groups in total. The molecule has 0 heterocycles. The van der Waals surface area contributed by atoms with Gasteiger partial charge in [0.15, 0.2) is 0 Å². The second-order valence-electron chi connectivity index (χ2n) is 4.41. The topological polar surface area (TPSA) is 81.4 Å². The molecule has 0 saturated carbocycles. The SMILES string of the molecule is COC(=O)C(Cc1ccccc1)NC(=O)C(C)CN. The number of rotatable bonds is 6. The van der Waals surface area contributed by atoms with Crippen molar-refractivity contribution in [3.8, 4) is 0 Å². The summed E-state index contributed by atoms with van der Waals surface area (Å²) in [6.07, 6.45) is 0.399. The van der Waals surface area contributed by atoms with Gasteiger partial charge >= 0.3 is 5.97 Å². The number of nitrogens with one attached hydrogen (secondary N) is 1. The van der Waals surface area contributed by atoms with Crippen LogP contribution in [0.1, 0.15) is 12.5 Å². The average Bonchev–Trinajstić information content (AvgIpc) is 2.45. The second-order valence-corrected chi connectivity index (χ2v) is 4.41. The fourth-order valence-corrected chi connectivity index (χ4v) is 1.61. The highest BCUT2D eigenvalue weighted by atomic mass is 16.5. The third kappa shape index (κ3) is 4.71. The third-order valence-corrected chi connectivity index (χ3v) is 2.89. The minimum atomic E-state index is -0.686. The smallest absolute Gasteiger partial charge is 0.328 e. The summed E-state index contributed by atoms with van der Waals surface area (Å²) in [6.45, 7) is 1.96. The van der Waals surface area contributed by atoms with E-state index in [1.54, 1.807) is 6.92 Å². The van der Waals surface area contributed by atoms with Gasteiger partial charge in [0.25, 0.3) is 0 Å². The van der Waals surface area contributed by atoms with Gasteiger partial charge in [0.05, 0.1) is 7.11 Å². The Hall–Kier alpha value is -1.88. The zero-order valence-corrected chi connectivity index (χ0v) is 11.3. The Morgan fingerprint density at radius 1 is 1.32 bits per heavy atom. The van der Waals surface area contributed by atoms with E-state index in [0.29, 0.717) is 6.42 Å². The van der Waals surface area contributed by atoms with E-state index in [2.05, 4.69) is 5.32 Å². The van der Waals surface area contributed by atoms with Gasteiger partial charge < -0.3 is 15.8 Å². The Morgan fingerprint density at radius 2 is 1.95 bits per heavy atom. The van der Waals surface area contributed by atoms with E-state index in [1.807, 2.05) is 30.3 Å². The minimum Gasteiger partial charge on any atom is -0.467 e. The molecule has 0 saturated heterocycles. The van der Waals surface area contributed by atoms with Gasteiger partial charge in [-0.1, -0.05) is 37.3 Å². The van der Waals surface area contributed by atoms with Crippen molar-refractivity contribution >= 4 is 11.9 Å². The van der Waals surface area contributed by atoms with Crippen LogP contribution in [0.2, 0.25) is 0 Å². The van der Waals surface area contributed by atoms with E-state index in [-0.39, 0.29) is 18.4 Å². The van der Waals surface area contributed by atoms with E-state index >= 15 is 0 Å². The summed E-state index contributed by atoms with van der Waals surface area (Å²) in [5.41, 5.74) is 6.39. The molecule has 0 bridgehead atoms. The molecule has 0 aliphatic carbocycles. The van der Waals surface area contributed by atoms with Crippen LogP contribution in [-0.4, -0.2) is 31.6 Å². The number of carbonyl (C=O) groups is 2. The van der Waals surface area contributed by atoms with E-state index in [0.717, 1.165) is 5.56 Å². The molecule has 0 spiro atoms. The molecule has 0 aliphatic rings. The molecule has 5 nitrogen and oxygen atoms in total. The first-order valence-corrected chi connectivity index (χ1v) is 6.20. The second kappa shape index (κ2) is 7.53. The van der Waals surface area contributed by atoms with Crippen molar-refractivity contribution in [2.45, 2.75) is 19.4 Å². The van der Waals surface area contributed by atoms with Crippen molar-refractivity contribution in [1.82, 2.24) is 5.32 Å². The standard InChI is InChI=1S/C14H20N2O3/c1-10(9-15)13(17)16-12(14(18)19-2)8-11-6-4-3-5-7-11/h3-7,10,12H,8-9,15H2,1-2H3,(H,16,17). The van der Waals surface area contributed by atoms with Gasteiger partial charge in [-0.05, 0) is 5.56 Å². The highest BCUT2D eigenvalue weighted by Crippen LogP contribution is 2.05. The molecule has 0 radical (unpaired) electrons. The van der Waals surface area contributed by atoms with Crippen LogP contribution in [0.5, 0.6) is 0 Å². The zero-order chi connectivity index (χ0) is 14.3. The molecule has 19 heavy (non-hydrogen) atoms. The van der Waals surface area contributed by atoms with Gasteiger partial charge in [-0.15, -0.1) is 0 Å². The Morgan fingerprint density at radius 3 is 2.47 bits per heavy atom. The van der Waals surface area contributed by atoms with Crippen LogP contribution in [0, 0.1) is 5.92 Å². The van der Waals surface area contributed by atoms with Crippen LogP contribution in [-0.2, 0) is 20.7 Å². The van der Waals surface area contributed by atoms with E-state index in [4.69, 9.17) is 10.5 Å². The van der Waals surface area contributed by atoms with Crippen molar-refractivity contribution in [1.29, 1.82) is 0 Å². The van der Waals surface area contributed by atoms with Crippen LogP contribution in [0.4, 0.5) is 0 Å². The Balaban J connectivity index is 2.73. The molecule has 1 rings (SSSR count). The van der Waals surface area contributed by atoms with Gasteiger partial charge in [0.1, 0.15) is 6.04 Å². The average molecular weight is 264 g/mol. The third-order valence-electron chi connectivity index (χ3n) is 2.89. The fourth-order valence-electron chi connectivity index (χ4n) is 1.61. The summed E-state index contributed by atoms with van der Waals surface area (Å²) in [7, 11) is 1.30. The van der Waals surface area contributed by atoms with Gasteiger partial charge in [0.2, 0.25) is 5.91 Å². The first-order valence-electron chi connectivity index (χ1n) is 6.20. The van der Waals surface area contributed by atoms with Crippen LogP contribution >= 0.6 is 0 Å².